The Bertz CT molecular complexity index is 321. The van der Waals surface area contributed by atoms with Crippen molar-refractivity contribution in [1.82, 2.24) is 0 Å². The second-order valence-corrected chi connectivity index (χ2v) is 12.2. The molecule has 2 rings (SSSR count). The van der Waals surface area contributed by atoms with Gasteiger partial charge in [0, 0.05) is 13.2 Å². The van der Waals surface area contributed by atoms with Crippen molar-refractivity contribution in [1.29, 1.82) is 0 Å². The number of ether oxygens (including phenoxy) is 2. The minimum absolute atomic E-state index is 0.0984. The Kier molecular flexibility index (Phi) is 6.50. The van der Waals surface area contributed by atoms with Crippen LogP contribution in [0.2, 0.25) is 19.6 Å². The van der Waals surface area contributed by atoms with Crippen LogP contribution in [-0.4, -0.2) is 48.5 Å². The van der Waals surface area contributed by atoms with E-state index in [1.807, 2.05) is 0 Å². The van der Waals surface area contributed by atoms with Crippen molar-refractivity contribution in [2.45, 2.75) is 75.0 Å². The monoisotopic (exact) mass is 329 g/mol. The van der Waals surface area contributed by atoms with Crippen molar-refractivity contribution in [2.75, 3.05) is 19.8 Å². The Labute approximate surface area is 134 Å². The zero-order valence-corrected chi connectivity index (χ0v) is 16.9. The van der Waals surface area contributed by atoms with E-state index in [-0.39, 0.29) is 20.0 Å². The first kappa shape index (κ1) is 17.7. The molecule has 0 spiro atoms. The third kappa shape index (κ3) is 3.18. The van der Waals surface area contributed by atoms with Crippen molar-refractivity contribution >= 4 is 18.3 Å². The molecule has 0 aromatic carbocycles. The van der Waals surface area contributed by atoms with Crippen molar-refractivity contribution in [3.05, 3.63) is 0 Å². The molecule has 21 heavy (non-hydrogen) atoms. The smallest absolute Gasteiger partial charge is 0.0797 e. The first-order chi connectivity index (χ1) is 10.1. The van der Waals surface area contributed by atoms with E-state index < -0.39 is 8.80 Å². The quantitative estimate of drug-likeness (QED) is 0.758. The summed E-state index contributed by atoms with van der Waals surface area (Å²) in [6.45, 7) is 10.1. The number of hydrogen-bond acceptors (Lipinski definition) is 3. The summed E-state index contributed by atoms with van der Waals surface area (Å²) in [7, 11) is -1.27. The van der Waals surface area contributed by atoms with Crippen LogP contribution in [0.4, 0.5) is 0 Å². The molecular weight excluding hydrogens is 294 g/mol. The molecular formula is C16H35NO2Si2. The Morgan fingerprint density at radius 2 is 1.95 bits per heavy atom. The van der Waals surface area contributed by atoms with Crippen LogP contribution in [-0.2, 0) is 9.47 Å². The molecule has 0 saturated carbocycles. The number of rotatable bonds is 6. The largest absolute Gasteiger partial charge is 0.376 e. The van der Waals surface area contributed by atoms with Gasteiger partial charge >= 0.3 is 0 Å². The molecule has 2 aliphatic heterocycles. The Balaban J connectivity index is 2.33. The third-order valence-corrected chi connectivity index (χ3v) is 11.6. The summed E-state index contributed by atoms with van der Waals surface area (Å²) in [5.74, 6) is 0.694. The van der Waals surface area contributed by atoms with Gasteiger partial charge in [0.05, 0.1) is 28.8 Å². The number of hydrogen-bond donors (Lipinski definition) is 1. The lowest BCUT2D eigenvalue weighted by Gasteiger charge is -2.59. The van der Waals surface area contributed by atoms with Gasteiger partial charge in [-0.15, -0.1) is 0 Å². The van der Waals surface area contributed by atoms with Crippen LogP contribution in [0.1, 0.15) is 44.9 Å². The molecule has 0 amide bonds. The van der Waals surface area contributed by atoms with E-state index >= 15 is 0 Å². The highest BCUT2D eigenvalue weighted by molar-refractivity contribution is 6.62. The predicted octanol–water partition coefficient (Wildman–Crippen LogP) is 2.03. The highest BCUT2D eigenvalue weighted by atomic mass is 28.3. The summed E-state index contributed by atoms with van der Waals surface area (Å²) < 4.78 is 13.3. The lowest BCUT2D eigenvalue weighted by Crippen LogP contribution is -2.71. The van der Waals surface area contributed by atoms with Gasteiger partial charge in [-0.05, 0) is 57.4 Å². The fraction of sp³-hybridized carbons (Fsp3) is 1.00. The van der Waals surface area contributed by atoms with Crippen LogP contribution in [0, 0.1) is 5.92 Å². The van der Waals surface area contributed by atoms with Gasteiger partial charge in [0.1, 0.15) is 0 Å². The van der Waals surface area contributed by atoms with E-state index in [0.717, 1.165) is 26.2 Å². The van der Waals surface area contributed by atoms with E-state index in [1.54, 1.807) is 0 Å². The zero-order chi connectivity index (χ0) is 15.3. The van der Waals surface area contributed by atoms with Crippen LogP contribution in [0.5, 0.6) is 0 Å². The minimum atomic E-state index is -0.962. The molecule has 0 aromatic rings. The van der Waals surface area contributed by atoms with Crippen LogP contribution >= 0.6 is 0 Å². The summed E-state index contributed by atoms with van der Waals surface area (Å²) in [6.07, 6.45) is 8.74. The standard InChI is InChI=1S/C16H35NO2Si2/c1-20-16(14(8-6-11-17)9-7-13-19-16)15(21(2)3)10-4-5-12-18-15/h14,21H,4-13,17,20H2,1-3H3. The second kappa shape index (κ2) is 7.73. The van der Waals surface area contributed by atoms with Gasteiger partial charge in [-0.1, -0.05) is 19.6 Å². The maximum atomic E-state index is 6.66. The van der Waals surface area contributed by atoms with Gasteiger partial charge in [0.15, 0.2) is 0 Å². The van der Waals surface area contributed by atoms with Crippen LogP contribution in [0.3, 0.4) is 0 Å². The van der Waals surface area contributed by atoms with Gasteiger partial charge in [-0.3, -0.25) is 0 Å². The van der Waals surface area contributed by atoms with Gasteiger partial charge < -0.3 is 15.2 Å². The zero-order valence-electron chi connectivity index (χ0n) is 14.3. The van der Waals surface area contributed by atoms with Gasteiger partial charge in [-0.2, -0.15) is 0 Å². The average Bonchev–Trinajstić information content (AvgIpc) is 2.53. The lowest BCUT2D eigenvalue weighted by molar-refractivity contribution is -0.187. The van der Waals surface area contributed by atoms with Crippen LogP contribution < -0.4 is 5.73 Å². The molecule has 3 unspecified atom stereocenters. The molecule has 3 atom stereocenters. The Hall–Kier alpha value is 0.314. The Morgan fingerprint density at radius 3 is 2.52 bits per heavy atom. The van der Waals surface area contributed by atoms with E-state index in [9.17, 15) is 0 Å². The summed E-state index contributed by atoms with van der Waals surface area (Å²) in [5, 5.41) is 0.202. The molecule has 124 valence electrons. The van der Waals surface area contributed by atoms with E-state index in [4.69, 9.17) is 15.2 Å². The third-order valence-electron chi connectivity index (χ3n) is 5.95. The second-order valence-electron chi connectivity index (χ2n) is 7.21. The molecule has 0 aromatic heterocycles. The molecule has 2 aliphatic rings. The van der Waals surface area contributed by atoms with Crippen molar-refractivity contribution in [2.24, 2.45) is 11.7 Å². The fourth-order valence-corrected chi connectivity index (χ4v) is 11.5. The molecule has 5 heteroatoms. The summed E-state index contributed by atoms with van der Waals surface area (Å²) in [4.78, 5) is 0. The van der Waals surface area contributed by atoms with E-state index in [0.29, 0.717) is 5.92 Å². The minimum Gasteiger partial charge on any atom is -0.376 e. The highest BCUT2D eigenvalue weighted by Crippen LogP contribution is 2.48. The van der Waals surface area contributed by atoms with Gasteiger partial charge in [0.2, 0.25) is 0 Å². The van der Waals surface area contributed by atoms with Gasteiger partial charge in [-0.25, -0.2) is 0 Å². The molecule has 2 N–H and O–H groups in total. The first-order valence-electron chi connectivity index (χ1n) is 9.11. The first-order valence-corrected chi connectivity index (χ1v) is 14.1. The summed E-state index contributed by atoms with van der Waals surface area (Å²) in [5.41, 5.74) is 5.79. The van der Waals surface area contributed by atoms with Crippen molar-refractivity contribution in [3.8, 4) is 0 Å². The molecule has 2 saturated heterocycles. The maximum Gasteiger partial charge on any atom is 0.0797 e. The molecule has 0 bridgehead atoms. The summed E-state index contributed by atoms with van der Waals surface area (Å²) in [6, 6.07) is 0. The maximum absolute atomic E-state index is 6.66. The van der Waals surface area contributed by atoms with E-state index in [2.05, 4.69) is 19.6 Å². The van der Waals surface area contributed by atoms with Crippen LogP contribution in [0.25, 0.3) is 0 Å². The lowest BCUT2D eigenvalue weighted by atomic mass is 9.83. The highest BCUT2D eigenvalue weighted by Gasteiger charge is 2.59. The molecule has 2 heterocycles. The van der Waals surface area contributed by atoms with Crippen molar-refractivity contribution in [3.63, 3.8) is 0 Å². The molecule has 0 aliphatic carbocycles. The van der Waals surface area contributed by atoms with Crippen LogP contribution in [0.15, 0.2) is 0 Å². The SMILES string of the molecule is C[SiH2]C1(C2([SiH](C)C)CCCCO2)OCCCC1CCCN. The van der Waals surface area contributed by atoms with Crippen molar-refractivity contribution < 1.29 is 9.47 Å². The number of nitrogens with two attached hydrogens (primary N) is 1. The van der Waals surface area contributed by atoms with Gasteiger partial charge in [0.25, 0.3) is 0 Å². The summed E-state index contributed by atoms with van der Waals surface area (Å²) >= 11 is 0. The normalized spacial score (nSPS) is 38.4. The molecule has 0 radical (unpaired) electrons. The molecule has 2 fully saturated rings. The molecule has 3 nitrogen and oxygen atoms in total. The predicted molar refractivity (Wildman–Crippen MR) is 95.5 cm³/mol. The topological polar surface area (TPSA) is 44.5 Å². The Morgan fingerprint density at radius 1 is 1.19 bits per heavy atom. The van der Waals surface area contributed by atoms with E-state index in [1.165, 1.54) is 38.5 Å². The average molecular weight is 330 g/mol. The fourth-order valence-electron chi connectivity index (χ4n) is 4.93.